The van der Waals surface area contributed by atoms with E-state index >= 15 is 0 Å². The van der Waals surface area contributed by atoms with Crippen molar-refractivity contribution in [3.05, 3.63) is 35.9 Å². The molecule has 0 spiro atoms. The van der Waals surface area contributed by atoms with E-state index in [4.69, 9.17) is 0 Å². The third-order valence-electron chi connectivity index (χ3n) is 5.64. The minimum atomic E-state index is 0.342. The van der Waals surface area contributed by atoms with Gasteiger partial charge in [0, 0.05) is 37.8 Å². The van der Waals surface area contributed by atoms with Gasteiger partial charge in [0.15, 0.2) is 0 Å². The van der Waals surface area contributed by atoms with E-state index in [1.165, 1.54) is 44.2 Å². The van der Waals surface area contributed by atoms with E-state index in [9.17, 15) is 5.11 Å². The molecule has 1 saturated carbocycles. The Kier molecular flexibility index (Phi) is 5.51. The summed E-state index contributed by atoms with van der Waals surface area (Å²) < 4.78 is 0. The van der Waals surface area contributed by atoms with Gasteiger partial charge in [-0.05, 0) is 37.7 Å². The summed E-state index contributed by atoms with van der Waals surface area (Å²) in [5.41, 5.74) is 1.41. The smallest absolute Gasteiger partial charge is 0.0474 e. The number of benzene rings is 1. The molecule has 0 bridgehead atoms. The Balaban J connectivity index is 1.53. The lowest BCUT2D eigenvalue weighted by molar-refractivity contribution is 0.144. The van der Waals surface area contributed by atoms with Crippen LogP contribution < -0.4 is 5.32 Å². The van der Waals surface area contributed by atoms with Crippen LogP contribution in [0, 0.1) is 5.92 Å². The molecule has 1 aromatic rings. The Bertz CT molecular complexity index is 450. The molecule has 1 heterocycles. The van der Waals surface area contributed by atoms with Crippen LogP contribution in [0.3, 0.4) is 0 Å². The van der Waals surface area contributed by atoms with Gasteiger partial charge in [-0.1, -0.05) is 43.2 Å². The second-order valence-electron chi connectivity index (χ2n) is 7.07. The molecule has 1 aromatic carbocycles. The van der Waals surface area contributed by atoms with Crippen molar-refractivity contribution in [3.8, 4) is 0 Å². The van der Waals surface area contributed by atoms with Crippen LogP contribution in [0.15, 0.2) is 30.3 Å². The largest absolute Gasteiger partial charge is 0.396 e. The zero-order chi connectivity index (χ0) is 15.4. The molecule has 1 aliphatic heterocycles. The van der Waals surface area contributed by atoms with Crippen LogP contribution in [0.1, 0.15) is 50.6 Å². The van der Waals surface area contributed by atoms with Crippen LogP contribution in [0.25, 0.3) is 0 Å². The zero-order valence-electron chi connectivity index (χ0n) is 13.7. The lowest BCUT2D eigenvalue weighted by Crippen LogP contribution is -2.46. The molecule has 4 atom stereocenters. The minimum Gasteiger partial charge on any atom is -0.396 e. The zero-order valence-corrected chi connectivity index (χ0v) is 13.7. The first-order chi connectivity index (χ1) is 10.8. The third-order valence-corrected chi connectivity index (χ3v) is 5.64. The number of rotatable bonds is 5. The fourth-order valence-electron chi connectivity index (χ4n) is 4.17. The summed E-state index contributed by atoms with van der Waals surface area (Å²) in [6.45, 7) is 4.96. The molecule has 4 unspecified atom stereocenters. The summed E-state index contributed by atoms with van der Waals surface area (Å²) in [4.78, 5) is 2.59. The number of hydrogen-bond acceptors (Lipinski definition) is 3. The van der Waals surface area contributed by atoms with Crippen molar-refractivity contribution in [1.29, 1.82) is 0 Å². The maximum Gasteiger partial charge on any atom is 0.0474 e. The van der Waals surface area contributed by atoms with Gasteiger partial charge in [-0.25, -0.2) is 0 Å². The highest BCUT2D eigenvalue weighted by Gasteiger charge is 2.31. The molecular formula is C19H30N2O. The highest BCUT2D eigenvalue weighted by molar-refractivity contribution is 5.18. The summed E-state index contributed by atoms with van der Waals surface area (Å²) in [7, 11) is 0. The van der Waals surface area contributed by atoms with Crippen molar-refractivity contribution < 1.29 is 5.11 Å². The summed E-state index contributed by atoms with van der Waals surface area (Å²) in [6, 6.07) is 12.4. The Hall–Kier alpha value is -0.900. The maximum absolute atomic E-state index is 9.57. The fourth-order valence-corrected chi connectivity index (χ4v) is 4.17. The van der Waals surface area contributed by atoms with E-state index in [1.807, 2.05) is 0 Å². The van der Waals surface area contributed by atoms with E-state index in [-0.39, 0.29) is 0 Å². The molecular weight excluding hydrogens is 272 g/mol. The van der Waals surface area contributed by atoms with Gasteiger partial charge in [0.05, 0.1) is 0 Å². The van der Waals surface area contributed by atoms with Gasteiger partial charge in [-0.2, -0.15) is 0 Å². The first kappa shape index (κ1) is 16.0. The van der Waals surface area contributed by atoms with Crippen LogP contribution in [0.2, 0.25) is 0 Å². The van der Waals surface area contributed by atoms with Crippen LogP contribution in [-0.2, 0) is 0 Å². The number of hydrogen-bond donors (Lipinski definition) is 2. The van der Waals surface area contributed by atoms with Gasteiger partial charge < -0.3 is 10.4 Å². The maximum atomic E-state index is 9.57. The van der Waals surface area contributed by atoms with Crippen molar-refractivity contribution >= 4 is 0 Å². The SMILES string of the molecule is CC(c1ccccc1)N1CCC(NC2CCCCC2CO)C1. The van der Waals surface area contributed by atoms with Gasteiger partial charge >= 0.3 is 0 Å². The first-order valence-corrected chi connectivity index (χ1v) is 8.94. The predicted molar refractivity (Wildman–Crippen MR) is 90.8 cm³/mol. The highest BCUT2D eigenvalue weighted by Crippen LogP contribution is 2.28. The lowest BCUT2D eigenvalue weighted by Gasteiger charge is -2.33. The minimum absolute atomic E-state index is 0.342. The van der Waals surface area contributed by atoms with Gasteiger partial charge in [-0.15, -0.1) is 0 Å². The molecule has 0 aromatic heterocycles. The summed E-state index contributed by atoms with van der Waals surface area (Å²) in [6.07, 6.45) is 6.24. The molecule has 1 saturated heterocycles. The van der Waals surface area contributed by atoms with Crippen molar-refractivity contribution in [2.24, 2.45) is 5.92 Å². The molecule has 3 rings (SSSR count). The number of likely N-dealkylation sites (tertiary alicyclic amines) is 1. The highest BCUT2D eigenvalue weighted by atomic mass is 16.3. The summed E-state index contributed by atoms with van der Waals surface area (Å²) >= 11 is 0. The molecule has 1 aliphatic carbocycles. The molecule has 0 radical (unpaired) electrons. The molecule has 0 amide bonds. The van der Waals surface area contributed by atoms with E-state index in [1.54, 1.807) is 0 Å². The molecule has 22 heavy (non-hydrogen) atoms. The second-order valence-corrected chi connectivity index (χ2v) is 7.07. The standard InChI is InChI=1S/C19H30N2O/c1-15(16-7-3-2-4-8-16)21-12-11-18(13-21)20-19-10-6-5-9-17(19)14-22/h2-4,7-8,15,17-20,22H,5-6,9-14H2,1H3. The van der Waals surface area contributed by atoms with Gasteiger partial charge in [0.2, 0.25) is 0 Å². The summed E-state index contributed by atoms with van der Waals surface area (Å²) in [5, 5.41) is 13.4. The Morgan fingerprint density at radius 2 is 1.95 bits per heavy atom. The normalized spacial score (nSPS) is 31.3. The molecule has 3 heteroatoms. The second kappa shape index (κ2) is 7.58. The number of nitrogens with one attached hydrogen (secondary N) is 1. The molecule has 2 N–H and O–H groups in total. The number of nitrogens with zero attached hydrogens (tertiary/aromatic N) is 1. The Morgan fingerprint density at radius 3 is 2.73 bits per heavy atom. The number of aliphatic hydroxyl groups is 1. The van der Waals surface area contributed by atoms with Crippen molar-refractivity contribution in [2.45, 2.75) is 57.2 Å². The monoisotopic (exact) mass is 302 g/mol. The van der Waals surface area contributed by atoms with Crippen LogP contribution in [0.4, 0.5) is 0 Å². The quantitative estimate of drug-likeness (QED) is 0.878. The number of aliphatic hydroxyl groups excluding tert-OH is 1. The van der Waals surface area contributed by atoms with E-state index in [0.717, 1.165) is 6.54 Å². The molecule has 122 valence electrons. The van der Waals surface area contributed by atoms with E-state index in [0.29, 0.717) is 30.7 Å². The molecule has 2 fully saturated rings. The van der Waals surface area contributed by atoms with Gasteiger partial charge in [0.1, 0.15) is 0 Å². The fraction of sp³-hybridized carbons (Fsp3) is 0.684. The van der Waals surface area contributed by atoms with Crippen LogP contribution >= 0.6 is 0 Å². The van der Waals surface area contributed by atoms with Crippen LogP contribution in [-0.4, -0.2) is 41.8 Å². The van der Waals surface area contributed by atoms with Crippen molar-refractivity contribution in [1.82, 2.24) is 10.2 Å². The van der Waals surface area contributed by atoms with Crippen molar-refractivity contribution in [2.75, 3.05) is 19.7 Å². The average Bonchev–Trinajstić information content (AvgIpc) is 3.04. The van der Waals surface area contributed by atoms with E-state index < -0.39 is 0 Å². The topological polar surface area (TPSA) is 35.5 Å². The van der Waals surface area contributed by atoms with Crippen molar-refractivity contribution in [3.63, 3.8) is 0 Å². The van der Waals surface area contributed by atoms with E-state index in [2.05, 4.69) is 47.5 Å². The molecule has 2 aliphatic rings. The van der Waals surface area contributed by atoms with Gasteiger partial charge in [0.25, 0.3) is 0 Å². The third kappa shape index (κ3) is 3.70. The molecule has 3 nitrogen and oxygen atoms in total. The Labute approximate surface area is 134 Å². The average molecular weight is 302 g/mol. The first-order valence-electron chi connectivity index (χ1n) is 8.94. The Morgan fingerprint density at radius 1 is 1.18 bits per heavy atom. The van der Waals surface area contributed by atoms with Crippen LogP contribution in [0.5, 0.6) is 0 Å². The predicted octanol–water partition coefficient (Wildman–Crippen LogP) is 2.96. The summed E-state index contributed by atoms with van der Waals surface area (Å²) in [5.74, 6) is 0.467. The lowest BCUT2D eigenvalue weighted by atomic mass is 9.84. The van der Waals surface area contributed by atoms with Gasteiger partial charge in [-0.3, -0.25) is 4.90 Å².